The van der Waals surface area contributed by atoms with Gasteiger partial charge in [0.05, 0.1) is 0 Å². The summed E-state index contributed by atoms with van der Waals surface area (Å²) in [5.41, 5.74) is 0. The van der Waals surface area contributed by atoms with Crippen molar-refractivity contribution in [3.05, 3.63) is 0 Å². The van der Waals surface area contributed by atoms with Gasteiger partial charge < -0.3 is 10.2 Å². The molecule has 1 aliphatic heterocycles. The zero-order valence-electron chi connectivity index (χ0n) is 9.77. The average Bonchev–Trinajstić information content (AvgIpc) is 2.18. The van der Waals surface area contributed by atoms with Crippen LogP contribution in [0.3, 0.4) is 0 Å². The van der Waals surface area contributed by atoms with Gasteiger partial charge in [0.15, 0.2) is 0 Å². The summed E-state index contributed by atoms with van der Waals surface area (Å²) in [5, 5.41) is 3.29. The lowest BCUT2D eigenvalue weighted by molar-refractivity contribution is 0.234. The molecule has 0 aromatic carbocycles. The third-order valence-electron chi connectivity index (χ3n) is 2.53. The molecule has 1 unspecified atom stereocenters. The normalized spacial score (nSPS) is 23.5. The fourth-order valence-electron chi connectivity index (χ4n) is 1.40. The molecule has 1 rings (SSSR count). The van der Waals surface area contributed by atoms with Crippen molar-refractivity contribution in [1.29, 1.82) is 0 Å². The fraction of sp³-hybridized carbons (Fsp3) is 1.00. The summed E-state index contributed by atoms with van der Waals surface area (Å²) in [6.07, 6.45) is 5.34. The predicted molar refractivity (Wildman–Crippen MR) is 60.2 cm³/mol. The van der Waals surface area contributed by atoms with Crippen molar-refractivity contribution in [1.82, 2.24) is 10.2 Å². The minimum absolute atomic E-state index is 0.740. The molecule has 13 heavy (non-hydrogen) atoms. The first-order valence-electron chi connectivity index (χ1n) is 5.60. The van der Waals surface area contributed by atoms with Crippen molar-refractivity contribution < 1.29 is 0 Å². The third-order valence-corrected chi connectivity index (χ3v) is 2.53. The quantitative estimate of drug-likeness (QED) is 0.710. The van der Waals surface area contributed by atoms with Gasteiger partial charge in [-0.1, -0.05) is 26.7 Å². The van der Waals surface area contributed by atoms with E-state index in [9.17, 15) is 0 Å². The summed E-state index contributed by atoms with van der Waals surface area (Å²) >= 11 is 0. The SMILES string of the molecule is CCCC.CNC1CCCN(C)C1. The van der Waals surface area contributed by atoms with E-state index in [4.69, 9.17) is 0 Å². The summed E-state index contributed by atoms with van der Waals surface area (Å²) in [6.45, 7) is 6.86. The number of nitrogens with zero attached hydrogens (tertiary/aromatic N) is 1. The topological polar surface area (TPSA) is 15.3 Å². The molecule has 0 saturated carbocycles. The summed E-state index contributed by atoms with van der Waals surface area (Å²) in [5.74, 6) is 0. The zero-order chi connectivity index (χ0) is 10.1. The summed E-state index contributed by atoms with van der Waals surface area (Å²) in [7, 11) is 4.23. The van der Waals surface area contributed by atoms with Crippen LogP contribution >= 0.6 is 0 Å². The molecule has 2 heteroatoms. The van der Waals surface area contributed by atoms with Crippen LogP contribution in [0.1, 0.15) is 39.5 Å². The Bertz CT molecular complexity index is 102. The number of hydrogen-bond donors (Lipinski definition) is 1. The van der Waals surface area contributed by atoms with Crippen molar-refractivity contribution >= 4 is 0 Å². The van der Waals surface area contributed by atoms with E-state index < -0.39 is 0 Å². The molecule has 0 spiro atoms. The van der Waals surface area contributed by atoms with Crippen LogP contribution < -0.4 is 5.32 Å². The van der Waals surface area contributed by atoms with Crippen LogP contribution in [0.25, 0.3) is 0 Å². The van der Waals surface area contributed by atoms with E-state index in [2.05, 4.69) is 31.1 Å². The van der Waals surface area contributed by atoms with E-state index in [1.165, 1.54) is 38.8 Å². The minimum atomic E-state index is 0.740. The van der Waals surface area contributed by atoms with E-state index in [0.29, 0.717) is 0 Å². The molecule has 0 aromatic heterocycles. The molecule has 0 aromatic rings. The molecule has 1 fully saturated rings. The van der Waals surface area contributed by atoms with Crippen LogP contribution in [0.5, 0.6) is 0 Å². The van der Waals surface area contributed by atoms with Crippen molar-refractivity contribution in [2.45, 2.75) is 45.6 Å². The van der Waals surface area contributed by atoms with Gasteiger partial charge in [-0.25, -0.2) is 0 Å². The summed E-state index contributed by atoms with van der Waals surface area (Å²) in [4.78, 5) is 2.38. The monoisotopic (exact) mass is 186 g/mol. The molecule has 0 amide bonds. The van der Waals surface area contributed by atoms with Crippen molar-refractivity contribution in [2.75, 3.05) is 27.2 Å². The lowest BCUT2D eigenvalue weighted by Crippen LogP contribution is -2.42. The largest absolute Gasteiger partial charge is 0.316 e. The molecule has 0 bridgehead atoms. The standard InChI is InChI=1S/C7H16N2.C4H10/c1-8-7-4-3-5-9(2)6-7;1-3-4-2/h7-8H,3-6H2,1-2H3;3-4H2,1-2H3. The van der Waals surface area contributed by atoms with Crippen molar-refractivity contribution in [3.8, 4) is 0 Å². The molecule has 80 valence electrons. The van der Waals surface area contributed by atoms with E-state index >= 15 is 0 Å². The van der Waals surface area contributed by atoms with Crippen LogP contribution in [0.15, 0.2) is 0 Å². The Balaban J connectivity index is 0.000000310. The Kier molecular flexibility index (Phi) is 8.46. The molecule has 0 aliphatic carbocycles. The highest BCUT2D eigenvalue weighted by atomic mass is 15.1. The number of hydrogen-bond acceptors (Lipinski definition) is 2. The van der Waals surface area contributed by atoms with Crippen LogP contribution in [0, 0.1) is 0 Å². The van der Waals surface area contributed by atoms with Gasteiger partial charge in [-0.15, -0.1) is 0 Å². The zero-order valence-corrected chi connectivity index (χ0v) is 9.77. The van der Waals surface area contributed by atoms with Gasteiger partial charge in [0.1, 0.15) is 0 Å². The average molecular weight is 186 g/mol. The number of nitrogens with one attached hydrogen (secondary N) is 1. The first-order valence-corrected chi connectivity index (χ1v) is 5.60. The summed E-state index contributed by atoms with van der Waals surface area (Å²) in [6, 6.07) is 0.740. The smallest absolute Gasteiger partial charge is 0.0192 e. The van der Waals surface area contributed by atoms with Gasteiger partial charge in [0.2, 0.25) is 0 Å². The van der Waals surface area contributed by atoms with E-state index in [-0.39, 0.29) is 0 Å². The molecule has 2 nitrogen and oxygen atoms in total. The molecular formula is C11H26N2. The van der Waals surface area contributed by atoms with Crippen LogP contribution in [-0.4, -0.2) is 38.1 Å². The first-order chi connectivity index (χ1) is 6.24. The Morgan fingerprint density at radius 2 is 1.92 bits per heavy atom. The molecule has 1 atom stereocenters. The molecule has 1 aliphatic rings. The molecule has 1 heterocycles. The lowest BCUT2D eigenvalue weighted by atomic mass is 10.1. The maximum absolute atomic E-state index is 3.29. The van der Waals surface area contributed by atoms with Crippen molar-refractivity contribution in [2.24, 2.45) is 0 Å². The molecule has 0 radical (unpaired) electrons. The van der Waals surface area contributed by atoms with Crippen LogP contribution in [-0.2, 0) is 0 Å². The molecule has 1 saturated heterocycles. The van der Waals surface area contributed by atoms with E-state index in [0.717, 1.165) is 6.04 Å². The summed E-state index contributed by atoms with van der Waals surface area (Å²) < 4.78 is 0. The van der Waals surface area contributed by atoms with E-state index in [1.807, 2.05) is 7.05 Å². The molecule has 1 N–H and O–H groups in total. The Hall–Kier alpha value is -0.0800. The van der Waals surface area contributed by atoms with Crippen molar-refractivity contribution in [3.63, 3.8) is 0 Å². The number of likely N-dealkylation sites (N-methyl/N-ethyl adjacent to an activating group) is 2. The third kappa shape index (κ3) is 7.03. The van der Waals surface area contributed by atoms with Gasteiger partial charge in [-0.3, -0.25) is 0 Å². The van der Waals surface area contributed by atoms with E-state index in [1.54, 1.807) is 0 Å². The number of likely N-dealkylation sites (tertiary alicyclic amines) is 1. The first kappa shape index (κ1) is 12.9. The van der Waals surface area contributed by atoms with Gasteiger partial charge in [0.25, 0.3) is 0 Å². The van der Waals surface area contributed by atoms with Gasteiger partial charge >= 0.3 is 0 Å². The second-order valence-corrected chi connectivity index (χ2v) is 3.89. The van der Waals surface area contributed by atoms with Crippen LogP contribution in [0.4, 0.5) is 0 Å². The highest BCUT2D eigenvalue weighted by Crippen LogP contribution is 2.06. The maximum atomic E-state index is 3.29. The van der Waals surface area contributed by atoms with Gasteiger partial charge in [0, 0.05) is 12.6 Å². The van der Waals surface area contributed by atoms with Crippen LogP contribution in [0.2, 0.25) is 0 Å². The molecular weight excluding hydrogens is 160 g/mol. The maximum Gasteiger partial charge on any atom is 0.0192 e. The van der Waals surface area contributed by atoms with Gasteiger partial charge in [-0.05, 0) is 33.5 Å². The minimum Gasteiger partial charge on any atom is -0.316 e. The number of rotatable bonds is 2. The predicted octanol–water partition coefficient (Wildman–Crippen LogP) is 2.11. The van der Waals surface area contributed by atoms with Gasteiger partial charge in [-0.2, -0.15) is 0 Å². The highest BCUT2D eigenvalue weighted by Gasteiger charge is 2.13. The number of piperidine rings is 1. The second kappa shape index (κ2) is 8.52. The highest BCUT2D eigenvalue weighted by molar-refractivity contribution is 4.74. The Morgan fingerprint density at radius 1 is 1.31 bits per heavy atom. The second-order valence-electron chi connectivity index (χ2n) is 3.89. The number of unbranched alkanes of at least 4 members (excludes halogenated alkanes) is 1. The fourth-order valence-corrected chi connectivity index (χ4v) is 1.40. The Labute approximate surface area is 83.7 Å². The lowest BCUT2D eigenvalue weighted by Gasteiger charge is -2.29. The Morgan fingerprint density at radius 3 is 2.23 bits per heavy atom.